The molecule has 0 unspecified atom stereocenters. The van der Waals surface area contributed by atoms with Crippen molar-refractivity contribution in [2.45, 2.75) is 13.8 Å². The number of carboxylic acids is 2. The van der Waals surface area contributed by atoms with Crippen molar-refractivity contribution in [2.24, 2.45) is 0 Å². The van der Waals surface area contributed by atoms with Gasteiger partial charge in [-0.05, 0) is 36.4 Å². The van der Waals surface area contributed by atoms with Crippen LogP contribution in [0.3, 0.4) is 0 Å². The fraction of sp³-hybridized carbons (Fsp3) is 0.143. The Labute approximate surface area is 103 Å². The van der Waals surface area contributed by atoms with Crippen LogP contribution in [0.1, 0.15) is 31.8 Å². The van der Waals surface area contributed by atoms with E-state index >= 15 is 0 Å². The van der Waals surface area contributed by atoms with E-state index in [0.717, 1.165) is 5.56 Å². The maximum absolute atomic E-state index is 11.4. The molecule has 0 aliphatic heterocycles. The van der Waals surface area contributed by atoms with Crippen molar-refractivity contribution in [1.29, 1.82) is 0 Å². The molecule has 2 aromatic carbocycles. The maximum Gasteiger partial charge on any atom is 0.336 e. The lowest BCUT2D eigenvalue weighted by molar-refractivity contribution is 0.0695. The number of rotatable bonds is 2. The van der Waals surface area contributed by atoms with Gasteiger partial charge in [-0.1, -0.05) is 18.2 Å². The van der Waals surface area contributed by atoms with Gasteiger partial charge in [0, 0.05) is 5.39 Å². The number of hydrogen-bond donors (Lipinski definition) is 2. The number of aromatic carboxylic acids is 2. The Morgan fingerprint density at radius 2 is 1.72 bits per heavy atom. The first-order chi connectivity index (χ1) is 8.43. The molecule has 0 amide bonds. The van der Waals surface area contributed by atoms with Gasteiger partial charge in [0.1, 0.15) is 0 Å². The van der Waals surface area contributed by atoms with E-state index in [0.29, 0.717) is 16.3 Å². The average Bonchev–Trinajstić information content (AvgIpc) is 2.29. The Kier molecular flexibility index (Phi) is 2.79. The van der Waals surface area contributed by atoms with Gasteiger partial charge in [0.05, 0.1) is 11.1 Å². The summed E-state index contributed by atoms with van der Waals surface area (Å²) in [5.74, 6) is -2.22. The second-order valence-electron chi connectivity index (χ2n) is 4.21. The van der Waals surface area contributed by atoms with Crippen LogP contribution in [0, 0.1) is 13.8 Å². The third-order valence-corrected chi connectivity index (χ3v) is 3.13. The van der Waals surface area contributed by atoms with E-state index in [1.807, 2.05) is 13.0 Å². The second-order valence-corrected chi connectivity index (χ2v) is 4.21. The van der Waals surface area contributed by atoms with E-state index in [1.54, 1.807) is 19.1 Å². The van der Waals surface area contributed by atoms with Crippen LogP contribution in [0.25, 0.3) is 10.8 Å². The summed E-state index contributed by atoms with van der Waals surface area (Å²) in [4.78, 5) is 22.6. The Hall–Kier alpha value is -2.36. The van der Waals surface area contributed by atoms with E-state index in [1.165, 1.54) is 6.07 Å². The molecular formula is C14H12O4. The van der Waals surface area contributed by atoms with Gasteiger partial charge in [0.15, 0.2) is 0 Å². The third kappa shape index (κ3) is 1.72. The summed E-state index contributed by atoms with van der Waals surface area (Å²) in [6.45, 7) is 3.51. The van der Waals surface area contributed by atoms with Gasteiger partial charge in [-0.25, -0.2) is 9.59 Å². The highest BCUT2D eigenvalue weighted by Crippen LogP contribution is 2.28. The number of carbonyl (C=O) groups is 2. The molecule has 0 fully saturated rings. The zero-order chi connectivity index (χ0) is 13.4. The number of carboxylic acid groups (broad SMARTS) is 2. The van der Waals surface area contributed by atoms with Crippen LogP contribution in [-0.4, -0.2) is 22.2 Å². The van der Waals surface area contributed by atoms with Crippen LogP contribution in [0.2, 0.25) is 0 Å². The van der Waals surface area contributed by atoms with Crippen molar-refractivity contribution in [1.82, 2.24) is 0 Å². The summed E-state index contributed by atoms with van der Waals surface area (Å²) in [6, 6.07) is 6.57. The van der Waals surface area contributed by atoms with E-state index in [9.17, 15) is 14.7 Å². The molecule has 2 aromatic rings. The molecule has 0 heterocycles. The van der Waals surface area contributed by atoms with E-state index < -0.39 is 11.9 Å². The highest BCUT2D eigenvalue weighted by molar-refractivity contribution is 6.13. The Morgan fingerprint density at radius 1 is 1.06 bits per heavy atom. The van der Waals surface area contributed by atoms with Crippen LogP contribution in [0.4, 0.5) is 0 Å². The van der Waals surface area contributed by atoms with Crippen LogP contribution in [-0.2, 0) is 0 Å². The first kappa shape index (κ1) is 12.1. The fourth-order valence-corrected chi connectivity index (χ4v) is 2.14. The molecule has 0 radical (unpaired) electrons. The summed E-state index contributed by atoms with van der Waals surface area (Å²) in [7, 11) is 0. The molecule has 4 nitrogen and oxygen atoms in total. The van der Waals surface area contributed by atoms with E-state index in [4.69, 9.17) is 5.11 Å². The molecule has 18 heavy (non-hydrogen) atoms. The Morgan fingerprint density at radius 3 is 2.28 bits per heavy atom. The predicted molar refractivity (Wildman–Crippen MR) is 67.3 cm³/mol. The van der Waals surface area contributed by atoms with Gasteiger partial charge in [0.2, 0.25) is 0 Å². The molecule has 0 bridgehead atoms. The molecular weight excluding hydrogens is 232 g/mol. The van der Waals surface area contributed by atoms with E-state index in [2.05, 4.69) is 0 Å². The van der Waals surface area contributed by atoms with Crippen molar-refractivity contribution in [3.8, 4) is 0 Å². The van der Waals surface area contributed by atoms with Crippen molar-refractivity contribution in [3.63, 3.8) is 0 Å². The minimum absolute atomic E-state index is 0.0213. The highest BCUT2D eigenvalue weighted by atomic mass is 16.4. The molecule has 0 aliphatic rings. The Bertz CT molecular complexity index is 671. The first-order valence-corrected chi connectivity index (χ1v) is 5.43. The van der Waals surface area contributed by atoms with E-state index in [-0.39, 0.29) is 11.1 Å². The fourth-order valence-electron chi connectivity index (χ4n) is 2.14. The lowest BCUT2D eigenvalue weighted by atomic mass is 9.92. The summed E-state index contributed by atoms with van der Waals surface area (Å²) in [5, 5.41) is 19.4. The lowest BCUT2D eigenvalue weighted by Gasteiger charge is -2.11. The standard InChI is InChI=1S/C14H12O4/c1-7-6-9-4-3-5-10(13(15)16)12(9)11(8(7)2)14(17)18/h3-6H,1-2H3,(H,15,16)(H,17,18). The molecule has 0 saturated heterocycles. The molecule has 0 atom stereocenters. The Balaban J connectivity index is 3.05. The van der Waals surface area contributed by atoms with Gasteiger partial charge < -0.3 is 10.2 Å². The zero-order valence-electron chi connectivity index (χ0n) is 10.0. The molecule has 92 valence electrons. The van der Waals surface area contributed by atoms with Crippen LogP contribution < -0.4 is 0 Å². The predicted octanol–water partition coefficient (Wildman–Crippen LogP) is 2.85. The van der Waals surface area contributed by atoms with Crippen LogP contribution in [0.5, 0.6) is 0 Å². The molecule has 2 N–H and O–H groups in total. The quantitative estimate of drug-likeness (QED) is 0.851. The normalized spacial score (nSPS) is 10.6. The molecule has 0 aliphatic carbocycles. The molecule has 2 rings (SSSR count). The SMILES string of the molecule is Cc1cc2cccc(C(=O)O)c2c(C(=O)O)c1C. The molecule has 4 heteroatoms. The zero-order valence-corrected chi connectivity index (χ0v) is 10.0. The third-order valence-electron chi connectivity index (χ3n) is 3.13. The topological polar surface area (TPSA) is 74.6 Å². The summed E-state index contributed by atoms with van der Waals surface area (Å²) < 4.78 is 0. The van der Waals surface area contributed by atoms with Crippen LogP contribution in [0.15, 0.2) is 24.3 Å². The van der Waals surface area contributed by atoms with Crippen LogP contribution >= 0.6 is 0 Å². The molecule has 0 saturated carbocycles. The maximum atomic E-state index is 11.4. The summed E-state index contributed by atoms with van der Waals surface area (Å²) >= 11 is 0. The number of fused-ring (bicyclic) bond motifs is 1. The molecule has 0 aromatic heterocycles. The van der Waals surface area contributed by atoms with Gasteiger partial charge in [-0.3, -0.25) is 0 Å². The van der Waals surface area contributed by atoms with Crippen molar-refractivity contribution >= 4 is 22.7 Å². The first-order valence-electron chi connectivity index (χ1n) is 5.43. The molecule has 0 spiro atoms. The van der Waals surface area contributed by atoms with Crippen molar-refractivity contribution in [3.05, 3.63) is 46.5 Å². The smallest absolute Gasteiger partial charge is 0.336 e. The number of benzene rings is 2. The van der Waals surface area contributed by atoms with Gasteiger partial charge >= 0.3 is 11.9 Å². The van der Waals surface area contributed by atoms with Gasteiger partial charge in [-0.15, -0.1) is 0 Å². The minimum Gasteiger partial charge on any atom is -0.478 e. The number of aryl methyl sites for hydroxylation is 1. The largest absolute Gasteiger partial charge is 0.478 e. The number of hydrogen-bond acceptors (Lipinski definition) is 2. The van der Waals surface area contributed by atoms with Crippen molar-refractivity contribution in [2.75, 3.05) is 0 Å². The van der Waals surface area contributed by atoms with Crippen molar-refractivity contribution < 1.29 is 19.8 Å². The lowest BCUT2D eigenvalue weighted by Crippen LogP contribution is -2.07. The monoisotopic (exact) mass is 244 g/mol. The average molecular weight is 244 g/mol. The van der Waals surface area contributed by atoms with Gasteiger partial charge in [0.25, 0.3) is 0 Å². The summed E-state index contributed by atoms with van der Waals surface area (Å²) in [5.41, 5.74) is 1.53. The second kappa shape index (κ2) is 4.14. The minimum atomic E-state index is -1.12. The summed E-state index contributed by atoms with van der Waals surface area (Å²) in [6.07, 6.45) is 0. The highest BCUT2D eigenvalue weighted by Gasteiger charge is 2.19. The van der Waals surface area contributed by atoms with Gasteiger partial charge in [-0.2, -0.15) is 0 Å².